The summed E-state index contributed by atoms with van der Waals surface area (Å²) in [5, 5.41) is 12.0. The highest BCUT2D eigenvalue weighted by molar-refractivity contribution is 9.10. The summed E-state index contributed by atoms with van der Waals surface area (Å²) in [5.41, 5.74) is 0.653. The van der Waals surface area contributed by atoms with Crippen molar-refractivity contribution < 1.29 is 22.1 Å². The standard InChI is InChI=1S/C23H16BrClN2O5S/c1-31-21-13-15(11-16(14-26)23(28)27-18-9-7-17(24)8-10-18)12-20(25)22(21)32-33(29,30)19-5-3-2-4-6-19/h2-13H,1H3,(H,27,28)/b16-11+. The molecule has 0 aromatic heterocycles. The maximum atomic E-state index is 12.6. The van der Waals surface area contributed by atoms with Gasteiger partial charge >= 0.3 is 10.1 Å². The number of methoxy groups -OCH3 is 1. The van der Waals surface area contributed by atoms with E-state index < -0.39 is 16.0 Å². The van der Waals surface area contributed by atoms with Crippen molar-refractivity contribution in [3.63, 3.8) is 0 Å². The zero-order valence-electron chi connectivity index (χ0n) is 17.1. The Balaban J connectivity index is 1.90. The monoisotopic (exact) mass is 546 g/mol. The number of carbonyl (C=O) groups excluding carboxylic acids is 1. The molecule has 0 fully saturated rings. The van der Waals surface area contributed by atoms with Crippen molar-refractivity contribution >= 4 is 55.3 Å². The Morgan fingerprint density at radius 2 is 1.79 bits per heavy atom. The molecule has 0 unspecified atom stereocenters. The van der Waals surface area contributed by atoms with Crippen LogP contribution in [-0.2, 0) is 14.9 Å². The average Bonchev–Trinajstić information content (AvgIpc) is 2.80. The van der Waals surface area contributed by atoms with Gasteiger partial charge in [0.25, 0.3) is 5.91 Å². The van der Waals surface area contributed by atoms with Crippen LogP contribution in [0.2, 0.25) is 5.02 Å². The average molecular weight is 548 g/mol. The summed E-state index contributed by atoms with van der Waals surface area (Å²) < 4.78 is 36.4. The van der Waals surface area contributed by atoms with Crippen LogP contribution in [0, 0.1) is 11.3 Å². The van der Waals surface area contributed by atoms with E-state index in [9.17, 15) is 18.5 Å². The Kier molecular flexibility index (Phi) is 7.76. The van der Waals surface area contributed by atoms with Gasteiger partial charge in [-0.1, -0.05) is 45.7 Å². The number of halogens is 2. The van der Waals surface area contributed by atoms with E-state index in [1.807, 2.05) is 6.07 Å². The van der Waals surface area contributed by atoms with Crippen molar-refractivity contribution in [1.29, 1.82) is 5.26 Å². The third-order valence-corrected chi connectivity index (χ3v) is 6.30. The molecule has 0 saturated heterocycles. The van der Waals surface area contributed by atoms with E-state index in [0.29, 0.717) is 11.3 Å². The van der Waals surface area contributed by atoms with Gasteiger partial charge in [0.15, 0.2) is 5.75 Å². The summed E-state index contributed by atoms with van der Waals surface area (Å²) in [6.07, 6.45) is 1.30. The fourth-order valence-electron chi connectivity index (χ4n) is 2.70. The largest absolute Gasteiger partial charge is 0.493 e. The van der Waals surface area contributed by atoms with Gasteiger partial charge in [0.2, 0.25) is 5.75 Å². The van der Waals surface area contributed by atoms with E-state index in [4.69, 9.17) is 20.5 Å². The lowest BCUT2D eigenvalue weighted by molar-refractivity contribution is -0.112. The molecule has 33 heavy (non-hydrogen) atoms. The van der Waals surface area contributed by atoms with Crippen LogP contribution in [0.4, 0.5) is 5.69 Å². The van der Waals surface area contributed by atoms with Gasteiger partial charge in [0.1, 0.15) is 16.5 Å². The molecule has 0 aliphatic carbocycles. The lowest BCUT2D eigenvalue weighted by atomic mass is 10.1. The van der Waals surface area contributed by atoms with Crippen LogP contribution < -0.4 is 14.2 Å². The van der Waals surface area contributed by atoms with Gasteiger partial charge in [-0.3, -0.25) is 4.79 Å². The number of nitrogens with one attached hydrogen (secondary N) is 1. The molecule has 3 rings (SSSR count). The van der Waals surface area contributed by atoms with Crippen LogP contribution in [0.3, 0.4) is 0 Å². The number of ether oxygens (including phenoxy) is 1. The molecule has 0 aliphatic rings. The molecule has 0 heterocycles. The maximum absolute atomic E-state index is 12.6. The number of hydrogen-bond donors (Lipinski definition) is 1. The van der Waals surface area contributed by atoms with Gasteiger partial charge in [-0.2, -0.15) is 13.7 Å². The van der Waals surface area contributed by atoms with Gasteiger partial charge in [-0.05, 0) is 60.2 Å². The Labute approximate surface area is 204 Å². The number of hydrogen-bond acceptors (Lipinski definition) is 6. The minimum atomic E-state index is -4.16. The van der Waals surface area contributed by atoms with Crippen molar-refractivity contribution in [2.75, 3.05) is 12.4 Å². The molecular formula is C23H16BrClN2O5S. The molecular weight excluding hydrogens is 532 g/mol. The summed E-state index contributed by atoms with van der Waals surface area (Å²) in [6.45, 7) is 0. The summed E-state index contributed by atoms with van der Waals surface area (Å²) >= 11 is 9.58. The molecule has 0 aliphatic heterocycles. The zero-order chi connectivity index (χ0) is 24.0. The number of rotatable bonds is 7. The number of benzene rings is 3. The van der Waals surface area contributed by atoms with Crippen LogP contribution in [0.25, 0.3) is 6.08 Å². The predicted molar refractivity (Wildman–Crippen MR) is 129 cm³/mol. The molecule has 3 aromatic carbocycles. The number of nitriles is 1. The van der Waals surface area contributed by atoms with Crippen LogP contribution in [0.1, 0.15) is 5.56 Å². The van der Waals surface area contributed by atoms with Crippen LogP contribution in [0.15, 0.2) is 81.7 Å². The van der Waals surface area contributed by atoms with Crippen molar-refractivity contribution in [2.24, 2.45) is 0 Å². The quantitative estimate of drug-likeness (QED) is 0.240. The highest BCUT2D eigenvalue weighted by Crippen LogP contribution is 2.38. The molecule has 0 radical (unpaired) electrons. The first kappa shape index (κ1) is 24.3. The summed E-state index contributed by atoms with van der Waals surface area (Å²) in [4.78, 5) is 12.4. The fraction of sp³-hybridized carbons (Fsp3) is 0.0435. The second kappa shape index (κ2) is 10.5. The molecule has 0 saturated carbocycles. The number of carbonyl (C=O) groups is 1. The Morgan fingerprint density at radius 3 is 2.39 bits per heavy atom. The zero-order valence-corrected chi connectivity index (χ0v) is 20.2. The second-order valence-electron chi connectivity index (χ2n) is 6.52. The predicted octanol–water partition coefficient (Wildman–Crippen LogP) is 5.42. The summed E-state index contributed by atoms with van der Waals surface area (Å²) in [6, 6.07) is 19.0. The Hall–Kier alpha value is -3.32. The Morgan fingerprint density at radius 1 is 1.12 bits per heavy atom. The van der Waals surface area contributed by atoms with E-state index in [-0.39, 0.29) is 27.0 Å². The molecule has 0 bridgehead atoms. The molecule has 0 atom stereocenters. The van der Waals surface area contributed by atoms with Gasteiger partial charge < -0.3 is 14.2 Å². The van der Waals surface area contributed by atoms with E-state index in [1.165, 1.54) is 37.5 Å². The van der Waals surface area contributed by atoms with Gasteiger partial charge in [-0.15, -0.1) is 0 Å². The van der Waals surface area contributed by atoms with E-state index >= 15 is 0 Å². The molecule has 10 heteroatoms. The topological polar surface area (TPSA) is 105 Å². The smallest absolute Gasteiger partial charge is 0.339 e. The first-order chi connectivity index (χ1) is 15.7. The first-order valence-electron chi connectivity index (χ1n) is 9.29. The first-order valence-corrected chi connectivity index (χ1v) is 11.9. The third kappa shape index (κ3) is 6.14. The number of amides is 1. The van der Waals surface area contributed by atoms with E-state index in [0.717, 1.165) is 4.47 Å². The minimum absolute atomic E-state index is 0.0128. The highest BCUT2D eigenvalue weighted by Gasteiger charge is 2.22. The van der Waals surface area contributed by atoms with Gasteiger partial charge in [0, 0.05) is 10.2 Å². The lowest BCUT2D eigenvalue weighted by Crippen LogP contribution is -2.13. The van der Waals surface area contributed by atoms with Crippen LogP contribution in [0.5, 0.6) is 11.5 Å². The van der Waals surface area contributed by atoms with Crippen LogP contribution >= 0.6 is 27.5 Å². The molecule has 168 valence electrons. The lowest BCUT2D eigenvalue weighted by Gasteiger charge is -2.13. The summed E-state index contributed by atoms with van der Waals surface area (Å²) in [7, 11) is -2.85. The highest BCUT2D eigenvalue weighted by atomic mass is 79.9. The Bertz CT molecular complexity index is 1350. The second-order valence-corrected chi connectivity index (χ2v) is 9.38. The number of nitrogens with zero attached hydrogens (tertiary/aromatic N) is 1. The maximum Gasteiger partial charge on any atom is 0.339 e. The van der Waals surface area contributed by atoms with Crippen LogP contribution in [-0.4, -0.2) is 21.4 Å². The SMILES string of the molecule is COc1cc(/C=C(\C#N)C(=O)Nc2ccc(Br)cc2)cc(Cl)c1OS(=O)(=O)c1ccccc1. The molecule has 1 amide bonds. The normalized spacial score (nSPS) is 11.4. The fourth-order valence-corrected chi connectivity index (χ4v) is 4.24. The molecule has 3 aromatic rings. The molecule has 0 spiro atoms. The molecule has 7 nitrogen and oxygen atoms in total. The van der Waals surface area contributed by atoms with E-state index in [1.54, 1.807) is 42.5 Å². The van der Waals surface area contributed by atoms with Gasteiger partial charge in [-0.25, -0.2) is 0 Å². The van der Waals surface area contributed by atoms with Crippen molar-refractivity contribution in [2.45, 2.75) is 4.90 Å². The van der Waals surface area contributed by atoms with Crippen molar-refractivity contribution in [3.8, 4) is 17.6 Å². The van der Waals surface area contributed by atoms with Crippen molar-refractivity contribution in [1.82, 2.24) is 0 Å². The third-order valence-electron chi connectivity index (χ3n) is 4.25. The minimum Gasteiger partial charge on any atom is -0.493 e. The molecule has 1 N–H and O–H groups in total. The summed E-state index contributed by atoms with van der Waals surface area (Å²) in [5.74, 6) is -0.821. The number of anilines is 1. The van der Waals surface area contributed by atoms with Gasteiger partial charge in [0.05, 0.1) is 12.1 Å². The van der Waals surface area contributed by atoms with E-state index in [2.05, 4.69) is 21.2 Å². The van der Waals surface area contributed by atoms with Crippen molar-refractivity contribution in [3.05, 3.63) is 87.4 Å².